The fourth-order valence-corrected chi connectivity index (χ4v) is 2.06. The van der Waals surface area contributed by atoms with Gasteiger partial charge >= 0.3 is 0 Å². The van der Waals surface area contributed by atoms with Gasteiger partial charge in [-0.05, 0) is 43.7 Å². The summed E-state index contributed by atoms with van der Waals surface area (Å²) < 4.78 is 0. The molecule has 1 aromatic carbocycles. The molecule has 118 valence electrons. The molecule has 4 nitrogen and oxygen atoms in total. The van der Waals surface area contributed by atoms with Crippen LogP contribution in [0.2, 0.25) is 0 Å². The van der Waals surface area contributed by atoms with E-state index in [-0.39, 0.29) is 5.91 Å². The fourth-order valence-electron chi connectivity index (χ4n) is 2.06. The van der Waals surface area contributed by atoms with Crippen molar-refractivity contribution in [2.75, 3.05) is 38.1 Å². The SMILES string of the molecule is CCCCN(C)c1ccc(C(=O)NCCNCCC)cc1. The number of hydrogen-bond donors (Lipinski definition) is 2. The standard InChI is InChI=1S/C17H29N3O/c1-4-6-14-20(3)16-9-7-15(8-10-16)17(21)19-13-12-18-11-5-2/h7-10,18H,4-6,11-14H2,1-3H3,(H,19,21). The minimum atomic E-state index is -0.00365. The van der Waals surface area contributed by atoms with Gasteiger partial charge in [0.05, 0.1) is 0 Å². The molecule has 0 spiro atoms. The second-order valence-electron chi connectivity index (χ2n) is 5.33. The summed E-state index contributed by atoms with van der Waals surface area (Å²) in [5.41, 5.74) is 1.88. The van der Waals surface area contributed by atoms with Gasteiger partial charge in [0.25, 0.3) is 5.91 Å². The van der Waals surface area contributed by atoms with Crippen molar-refractivity contribution in [1.82, 2.24) is 10.6 Å². The summed E-state index contributed by atoms with van der Waals surface area (Å²) in [6, 6.07) is 7.82. The first-order chi connectivity index (χ1) is 10.2. The number of rotatable bonds is 10. The monoisotopic (exact) mass is 291 g/mol. The molecule has 1 aromatic rings. The molecule has 0 radical (unpaired) electrons. The van der Waals surface area contributed by atoms with Gasteiger partial charge in [-0.25, -0.2) is 0 Å². The Morgan fingerprint density at radius 3 is 2.38 bits per heavy atom. The third-order valence-corrected chi connectivity index (χ3v) is 3.43. The van der Waals surface area contributed by atoms with Crippen molar-refractivity contribution in [2.45, 2.75) is 33.1 Å². The average Bonchev–Trinajstić information content (AvgIpc) is 2.52. The van der Waals surface area contributed by atoms with Crippen molar-refractivity contribution in [2.24, 2.45) is 0 Å². The van der Waals surface area contributed by atoms with Crippen molar-refractivity contribution >= 4 is 11.6 Å². The van der Waals surface area contributed by atoms with Crippen molar-refractivity contribution in [3.05, 3.63) is 29.8 Å². The second-order valence-corrected chi connectivity index (χ2v) is 5.33. The lowest BCUT2D eigenvalue weighted by atomic mass is 10.2. The van der Waals surface area contributed by atoms with Crippen molar-refractivity contribution in [1.29, 1.82) is 0 Å². The van der Waals surface area contributed by atoms with Crippen LogP contribution in [0.1, 0.15) is 43.5 Å². The first kappa shape index (κ1) is 17.5. The molecular weight excluding hydrogens is 262 g/mol. The number of benzene rings is 1. The van der Waals surface area contributed by atoms with Gasteiger partial charge in [-0.15, -0.1) is 0 Å². The predicted molar refractivity (Wildman–Crippen MR) is 90.1 cm³/mol. The molecule has 0 fully saturated rings. The maximum atomic E-state index is 12.0. The maximum Gasteiger partial charge on any atom is 0.251 e. The van der Waals surface area contributed by atoms with Gasteiger partial charge < -0.3 is 15.5 Å². The van der Waals surface area contributed by atoms with Crippen LogP contribution in [0.5, 0.6) is 0 Å². The van der Waals surface area contributed by atoms with Gasteiger partial charge in [0.1, 0.15) is 0 Å². The molecule has 0 heterocycles. The van der Waals surface area contributed by atoms with E-state index in [0.717, 1.165) is 37.3 Å². The summed E-state index contributed by atoms with van der Waals surface area (Å²) in [4.78, 5) is 14.2. The van der Waals surface area contributed by atoms with Crippen LogP contribution in [0.15, 0.2) is 24.3 Å². The molecule has 1 rings (SSSR count). The molecule has 21 heavy (non-hydrogen) atoms. The van der Waals surface area contributed by atoms with Gasteiger partial charge in [-0.3, -0.25) is 4.79 Å². The zero-order valence-corrected chi connectivity index (χ0v) is 13.6. The Morgan fingerprint density at radius 1 is 1.05 bits per heavy atom. The van der Waals surface area contributed by atoms with Crippen LogP contribution in [0.3, 0.4) is 0 Å². The van der Waals surface area contributed by atoms with Gasteiger partial charge in [0.2, 0.25) is 0 Å². The van der Waals surface area contributed by atoms with Gasteiger partial charge in [0, 0.05) is 37.9 Å². The lowest BCUT2D eigenvalue weighted by Gasteiger charge is -2.19. The molecule has 0 aliphatic carbocycles. The topological polar surface area (TPSA) is 44.4 Å². The number of nitrogens with one attached hydrogen (secondary N) is 2. The Bertz CT molecular complexity index is 403. The first-order valence-electron chi connectivity index (χ1n) is 7.99. The third kappa shape index (κ3) is 6.63. The van der Waals surface area contributed by atoms with Crippen LogP contribution >= 0.6 is 0 Å². The predicted octanol–water partition coefficient (Wildman–Crippen LogP) is 2.65. The zero-order valence-electron chi connectivity index (χ0n) is 13.6. The number of anilines is 1. The molecule has 0 saturated carbocycles. The van der Waals surface area contributed by atoms with Crippen LogP contribution in [0.25, 0.3) is 0 Å². The Balaban J connectivity index is 2.40. The third-order valence-electron chi connectivity index (χ3n) is 3.43. The molecule has 0 aliphatic rings. The highest BCUT2D eigenvalue weighted by Crippen LogP contribution is 2.14. The largest absolute Gasteiger partial charge is 0.375 e. The quantitative estimate of drug-likeness (QED) is 0.651. The van der Waals surface area contributed by atoms with Gasteiger partial charge in [-0.2, -0.15) is 0 Å². The number of carbonyl (C=O) groups is 1. The first-order valence-corrected chi connectivity index (χ1v) is 7.99. The molecule has 0 bridgehead atoms. The molecule has 1 amide bonds. The van der Waals surface area contributed by atoms with Crippen LogP contribution in [0.4, 0.5) is 5.69 Å². The zero-order chi connectivity index (χ0) is 15.5. The average molecular weight is 291 g/mol. The Hall–Kier alpha value is -1.55. The van der Waals surface area contributed by atoms with E-state index in [1.807, 2.05) is 24.3 Å². The summed E-state index contributed by atoms with van der Waals surface area (Å²) in [6.45, 7) is 7.84. The van der Waals surface area contributed by atoms with Gasteiger partial charge in [0.15, 0.2) is 0 Å². The van der Waals surface area contributed by atoms with E-state index in [1.165, 1.54) is 12.8 Å². The number of nitrogens with zero attached hydrogens (tertiary/aromatic N) is 1. The van der Waals surface area contributed by atoms with E-state index in [4.69, 9.17) is 0 Å². The molecule has 2 N–H and O–H groups in total. The number of carbonyl (C=O) groups excluding carboxylic acids is 1. The lowest BCUT2D eigenvalue weighted by Crippen LogP contribution is -2.32. The second kappa shape index (κ2) is 10.2. The Kier molecular flexibility index (Phi) is 8.51. The van der Waals surface area contributed by atoms with E-state index >= 15 is 0 Å². The van der Waals surface area contributed by atoms with Gasteiger partial charge in [-0.1, -0.05) is 20.3 Å². The normalized spacial score (nSPS) is 10.4. The Labute approximate surface area is 128 Å². The van der Waals surface area contributed by atoms with Crippen LogP contribution in [-0.2, 0) is 0 Å². The van der Waals surface area contributed by atoms with Crippen LogP contribution in [0, 0.1) is 0 Å². The number of unbranched alkanes of at least 4 members (excludes halogenated alkanes) is 1. The maximum absolute atomic E-state index is 12.0. The summed E-state index contributed by atoms with van der Waals surface area (Å²) in [5, 5.41) is 6.19. The molecule has 0 saturated heterocycles. The van der Waals surface area contributed by atoms with E-state index in [1.54, 1.807) is 0 Å². The van der Waals surface area contributed by atoms with Crippen LogP contribution in [-0.4, -0.2) is 39.1 Å². The molecule has 0 unspecified atom stereocenters. The molecule has 0 aliphatic heterocycles. The summed E-state index contributed by atoms with van der Waals surface area (Å²) in [6.07, 6.45) is 3.49. The van der Waals surface area contributed by atoms with E-state index in [0.29, 0.717) is 6.54 Å². The van der Waals surface area contributed by atoms with Crippen molar-refractivity contribution in [3.63, 3.8) is 0 Å². The Morgan fingerprint density at radius 2 is 1.76 bits per heavy atom. The molecular formula is C17H29N3O. The molecule has 4 heteroatoms. The smallest absolute Gasteiger partial charge is 0.251 e. The van der Waals surface area contributed by atoms with E-state index in [9.17, 15) is 4.79 Å². The summed E-state index contributed by atoms with van der Waals surface area (Å²) in [7, 11) is 2.09. The van der Waals surface area contributed by atoms with E-state index in [2.05, 4.69) is 36.4 Å². The minimum Gasteiger partial charge on any atom is -0.375 e. The summed E-state index contributed by atoms with van der Waals surface area (Å²) >= 11 is 0. The highest BCUT2D eigenvalue weighted by atomic mass is 16.1. The van der Waals surface area contributed by atoms with Crippen molar-refractivity contribution < 1.29 is 4.79 Å². The number of hydrogen-bond acceptors (Lipinski definition) is 3. The summed E-state index contributed by atoms with van der Waals surface area (Å²) in [5.74, 6) is -0.00365. The van der Waals surface area contributed by atoms with E-state index < -0.39 is 0 Å². The van der Waals surface area contributed by atoms with Crippen LogP contribution < -0.4 is 15.5 Å². The minimum absolute atomic E-state index is 0.00365. The lowest BCUT2D eigenvalue weighted by molar-refractivity contribution is 0.0954. The number of amides is 1. The molecule has 0 atom stereocenters. The highest BCUT2D eigenvalue weighted by Gasteiger charge is 2.06. The van der Waals surface area contributed by atoms with Crippen molar-refractivity contribution in [3.8, 4) is 0 Å². The molecule has 0 aromatic heterocycles. The fraction of sp³-hybridized carbons (Fsp3) is 0.588. The highest BCUT2D eigenvalue weighted by molar-refractivity contribution is 5.94.